The lowest BCUT2D eigenvalue weighted by atomic mass is 10.0. The molecule has 0 N–H and O–H groups in total. The van der Waals surface area contributed by atoms with Crippen LogP contribution in [0, 0.1) is 0 Å². The van der Waals surface area contributed by atoms with E-state index in [1.165, 1.54) is 0 Å². The number of ketones is 1. The summed E-state index contributed by atoms with van der Waals surface area (Å²) in [6.45, 7) is 2.84. The molecule has 0 aliphatic rings. The summed E-state index contributed by atoms with van der Waals surface area (Å²) in [6.07, 6.45) is 5.64. The van der Waals surface area contributed by atoms with E-state index in [9.17, 15) is 4.79 Å². The van der Waals surface area contributed by atoms with E-state index in [4.69, 9.17) is 4.74 Å². The molecular formula is C25H24N2O2. The van der Waals surface area contributed by atoms with Gasteiger partial charge in [0, 0.05) is 18.0 Å². The van der Waals surface area contributed by atoms with Gasteiger partial charge in [-0.3, -0.25) is 9.48 Å². The summed E-state index contributed by atoms with van der Waals surface area (Å²) in [5, 5.41) is 6.45. The van der Waals surface area contributed by atoms with Crippen LogP contribution in [-0.2, 0) is 13.0 Å². The minimum absolute atomic E-state index is 0.0179. The second-order valence-electron chi connectivity index (χ2n) is 7.17. The van der Waals surface area contributed by atoms with E-state index >= 15 is 0 Å². The zero-order valence-corrected chi connectivity index (χ0v) is 16.5. The van der Waals surface area contributed by atoms with Gasteiger partial charge in [0.1, 0.15) is 5.75 Å². The third kappa shape index (κ3) is 4.54. The van der Waals surface area contributed by atoms with Crippen LogP contribution in [0.1, 0.15) is 34.8 Å². The van der Waals surface area contributed by atoms with Crippen molar-refractivity contribution in [2.24, 2.45) is 0 Å². The molecule has 3 aromatic carbocycles. The zero-order valence-electron chi connectivity index (χ0n) is 16.5. The number of aryl methyl sites for hydroxylation is 1. The number of hydrogen-bond donors (Lipinski definition) is 0. The minimum atomic E-state index is -0.0179. The van der Waals surface area contributed by atoms with Gasteiger partial charge in [0.05, 0.1) is 6.54 Å². The highest BCUT2D eigenvalue weighted by molar-refractivity contribution is 6.00. The van der Waals surface area contributed by atoms with Gasteiger partial charge in [-0.2, -0.15) is 5.10 Å². The fourth-order valence-electron chi connectivity index (χ4n) is 3.48. The van der Waals surface area contributed by atoms with Crippen molar-refractivity contribution >= 4 is 16.6 Å². The average Bonchev–Trinajstić information content (AvgIpc) is 3.26. The van der Waals surface area contributed by atoms with Crippen molar-refractivity contribution in [3.8, 4) is 5.75 Å². The van der Waals surface area contributed by atoms with Crippen LogP contribution in [0.3, 0.4) is 0 Å². The first-order valence-corrected chi connectivity index (χ1v) is 9.97. The molecule has 0 spiro atoms. The van der Waals surface area contributed by atoms with Gasteiger partial charge in [-0.15, -0.1) is 0 Å². The van der Waals surface area contributed by atoms with Gasteiger partial charge in [-0.05, 0) is 46.5 Å². The van der Waals surface area contributed by atoms with Crippen LogP contribution in [0.25, 0.3) is 10.8 Å². The van der Waals surface area contributed by atoms with Crippen LogP contribution in [-0.4, -0.2) is 22.2 Å². The lowest BCUT2D eigenvalue weighted by Gasteiger charge is -2.13. The van der Waals surface area contributed by atoms with Crippen molar-refractivity contribution in [1.82, 2.24) is 9.78 Å². The van der Waals surface area contributed by atoms with Crippen LogP contribution in [0.2, 0.25) is 0 Å². The van der Waals surface area contributed by atoms with E-state index in [1.807, 2.05) is 65.5 Å². The average molecular weight is 384 g/mol. The van der Waals surface area contributed by atoms with E-state index in [-0.39, 0.29) is 12.4 Å². The number of carbonyl (C=O) groups excluding carboxylic acids is 1. The fraction of sp³-hybridized carbons (Fsp3) is 0.200. The van der Waals surface area contributed by atoms with Crippen LogP contribution < -0.4 is 4.74 Å². The molecule has 1 aromatic heterocycles. The molecule has 4 aromatic rings. The highest BCUT2D eigenvalue weighted by Gasteiger charge is 2.11. The molecule has 4 heteroatoms. The Morgan fingerprint density at radius 1 is 1.00 bits per heavy atom. The second-order valence-corrected chi connectivity index (χ2v) is 7.17. The molecule has 0 atom stereocenters. The molecule has 0 amide bonds. The molecule has 29 heavy (non-hydrogen) atoms. The number of fused-ring (bicyclic) bond motifs is 1. The van der Waals surface area contributed by atoms with E-state index in [1.54, 1.807) is 6.20 Å². The van der Waals surface area contributed by atoms with E-state index in [0.29, 0.717) is 12.1 Å². The molecule has 0 unspecified atom stereocenters. The highest BCUT2D eigenvalue weighted by atomic mass is 16.5. The molecule has 0 fully saturated rings. The number of carbonyl (C=O) groups is 1. The van der Waals surface area contributed by atoms with E-state index in [0.717, 1.165) is 40.5 Å². The maximum absolute atomic E-state index is 12.7. The Kier molecular flexibility index (Phi) is 5.71. The minimum Gasteiger partial charge on any atom is -0.485 e. The molecule has 0 bridgehead atoms. The number of rotatable bonds is 8. The number of hydrogen-bond acceptors (Lipinski definition) is 3. The molecule has 0 radical (unpaired) electrons. The molecule has 0 aliphatic heterocycles. The Hall–Kier alpha value is -3.40. The summed E-state index contributed by atoms with van der Waals surface area (Å²) in [5.74, 6) is 0.765. The van der Waals surface area contributed by atoms with Crippen LogP contribution >= 0.6 is 0 Å². The molecule has 0 aliphatic carbocycles. The first kappa shape index (κ1) is 18.9. The summed E-state index contributed by atoms with van der Waals surface area (Å²) >= 11 is 0. The number of benzene rings is 3. The lowest BCUT2D eigenvalue weighted by Crippen LogP contribution is -2.13. The number of Topliss-reactive ketones (excluding diaryl/α,β-unsaturated/α-hetero) is 1. The summed E-state index contributed by atoms with van der Waals surface area (Å²) in [6, 6.07) is 22.0. The molecule has 4 rings (SSSR count). The molecule has 1 heterocycles. The number of aromatic nitrogens is 2. The van der Waals surface area contributed by atoms with Crippen molar-refractivity contribution in [2.75, 3.05) is 6.61 Å². The van der Waals surface area contributed by atoms with Crippen molar-refractivity contribution in [1.29, 1.82) is 0 Å². The molecule has 0 saturated heterocycles. The number of nitrogens with zero attached hydrogens (tertiary/aromatic N) is 2. The Bertz CT molecular complexity index is 1120. The second kappa shape index (κ2) is 8.74. The van der Waals surface area contributed by atoms with Crippen molar-refractivity contribution in [3.05, 3.63) is 95.8 Å². The van der Waals surface area contributed by atoms with Gasteiger partial charge in [-0.1, -0.05) is 61.9 Å². The van der Waals surface area contributed by atoms with E-state index in [2.05, 4.69) is 24.2 Å². The smallest absolute Gasteiger partial charge is 0.200 e. The third-order valence-corrected chi connectivity index (χ3v) is 4.98. The summed E-state index contributed by atoms with van der Waals surface area (Å²) in [5.41, 5.74) is 2.90. The summed E-state index contributed by atoms with van der Waals surface area (Å²) in [7, 11) is 0. The third-order valence-electron chi connectivity index (χ3n) is 4.98. The lowest BCUT2D eigenvalue weighted by molar-refractivity contribution is 0.0921. The van der Waals surface area contributed by atoms with Gasteiger partial charge < -0.3 is 4.74 Å². The first-order chi connectivity index (χ1) is 14.2. The topological polar surface area (TPSA) is 44.1 Å². The molecule has 0 saturated carbocycles. The van der Waals surface area contributed by atoms with Crippen LogP contribution in [0.4, 0.5) is 0 Å². The predicted molar refractivity (Wildman–Crippen MR) is 116 cm³/mol. The van der Waals surface area contributed by atoms with Crippen molar-refractivity contribution < 1.29 is 9.53 Å². The normalized spacial score (nSPS) is 10.9. The SMILES string of the molecule is CCCc1ccc(Cn2cccn2)cc1OCC(=O)c1ccc2ccccc2c1. The Morgan fingerprint density at radius 2 is 1.86 bits per heavy atom. The first-order valence-electron chi connectivity index (χ1n) is 9.97. The largest absolute Gasteiger partial charge is 0.485 e. The Labute approximate surface area is 170 Å². The van der Waals surface area contributed by atoms with Gasteiger partial charge in [-0.25, -0.2) is 0 Å². The Balaban J connectivity index is 1.51. The standard InChI is InChI=1S/C25H24N2O2/c1-2-6-21-10-9-19(17-27-14-5-13-26-27)15-25(21)29-18-24(28)23-12-11-20-7-3-4-8-22(20)16-23/h3-5,7-16H,2,6,17-18H2,1H3. The maximum atomic E-state index is 12.7. The maximum Gasteiger partial charge on any atom is 0.200 e. The Morgan fingerprint density at radius 3 is 2.66 bits per heavy atom. The van der Waals surface area contributed by atoms with Gasteiger partial charge in [0.15, 0.2) is 12.4 Å². The fourth-order valence-corrected chi connectivity index (χ4v) is 3.48. The summed E-state index contributed by atoms with van der Waals surface area (Å²) in [4.78, 5) is 12.7. The quantitative estimate of drug-likeness (QED) is 0.387. The van der Waals surface area contributed by atoms with Crippen molar-refractivity contribution in [3.63, 3.8) is 0 Å². The molecule has 4 nitrogen and oxygen atoms in total. The van der Waals surface area contributed by atoms with Gasteiger partial charge in [0.2, 0.25) is 0 Å². The van der Waals surface area contributed by atoms with Crippen LogP contribution in [0.15, 0.2) is 79.1 Å². The van der Waals surface area contributed by atoms with E-state index < -0.39 is 0 Å². The predicted octanol–water partition coefficient (Wildman–Crippen LogP) is 5.30. The molecule has 146 valence electrons. The molecular weight excluding hydrogens is 360 g/mol. The highest BCUT2D eigenvalue weighted by Crippen LogP contribution is 2.23. The zero-order chi connectivity index (χ0) is 20.1. The summed E-state index contributed by atoms with van der Waals surface area (Å²) < 4.78 is 7.87. The van der Waals surface area contributed by atoms with Gasteiger partial charge in [0.25, 0.3) is 0 Å². The van der Waals surface area contributed by atoms with Crippen molar-refractivity contribution in [2.45, 2.75) is 26.3 Å². The van der Waals surface area contributed by atoms with Gasteiger partial charge >= 0.3 is 0 Å². The van der Waals surface area contributed by atoms with Crippen LogP contribution in [0.5, 0.6) is 5.75 Å². The number of ether oxygens (including phenoxy) is 1. The monoisotopic (exact) mass is 384 g/mol.